The predicted molar refractivity (Wildman–Crippen MR) is 50.1 cm³/mol. The number of hydrogen-bond acceptors (Lipinski definition) is 1. The van der Waals surface area contributed by atoms with E-state index in [1.807, 2.05) is 0 Å². The van der Waals surface area contributed by atoms with Gasteiger partial charge < -0.3 is 4.74 Å². The van der Waals surface area contributed by atoms with Crippen LogP contribution in [-0.4, -0.2) is 12.7 Å². The molecule has 1 heteroatoms. The van der Waals surface area contributed by atoms with Gasteiger partial charge in [-0.3, -0.25) is 0 Å². The zero-order valence-electron chi connectivity index (χ0n) is 7.67. The number of rotatable bonds is 1. The van der Waals surface area contributed by atoms with E-state index in [-0.39, 0.29) is 0 Å². The van der Waals surface area contributed by atoms with Gasteiger partial charge in [0.25, 0.3) is 0 Å². The molecule has 0 N–H and O–H groups in total. The minimum Gasteiger partial charge on any atom is -0.374 e. The topological polar surface area (TPSA) is 9.23 Å². The highest BCUT2D eigenvalue weighted by Gasteiger charge is 2.23. The summed E-state index contributed by atoms with van der Waals surface area (Å²) in [5.74, 6) is 0.865. The van der Waals surface area contributed by atoms with Gasteiger partial charge in [-0.05, 0) is 25.2 Å². The van der Waals surface area contributed by atoms with Crippen molar-refractivity contribution in [2.75, 3.05) is 6.61 Å². The fourth-order valence-corrected chi connectivity index (χ4v) is 2.38. The highest BCUT2D eigenvalue weighted by molar-refractivity contribution is 4.91. The monoisotopic (exact) mass is 166 g/mol. The van der Waals surface area contributed by atoms with Crippen LogP contribution in [0.2, 0.25) is 0 Å². The first-order valence-electron chi connectivity index (χ1n) is 5.23. The third-order valence-electron chi connectivity index (χ3n) is 3.12. The molecule has 1 aliphatic heterocycles. The van der Waals surface area contributed by atoms with Gasteiger partial charge in [0.1, 0.15) is 0 Å². The molecule has 0 aromatic heterocycles. The van der Waals surface area contributed by atoms with Crippen molar-refractivity contribution in [2.45, 2.75) is 44.6 Å². The summed E-state index contributed by atoms with van der Waals surface area (Å²) < 4.78 is 5.73. The molecule has 1 heterocycles. The van der Waals surface area contributed by atoms with Gasteiger partial charge in [0, 0.05) is 0 Å². The van der Waals surface area contributed by atoms with Crippen LogP contribution in [0.25, 0.3) is 0 Å². The van der Waals surface area contributed by atoms with Crippen molar-refractivity contribution in [3.63, 3.8) is 0 Å². The van der Waals surface area contributed by atoms with Crippen molar-refractivity contribution in [3.05, 3.63) is 12.2 Å². The van der Waals surface area contributed by atoms with Crippen LogP contribution < -0.4 is 0 Å². The molecule has 68 valence electrons. The molecular formula is C11H18O. The van der Waals surface area contributed by atoms with Gasteiger partial charge in [-0.25, -0.2) is 0 Å². The first-order valence-corrected chi connectivity index (χ1v) is 5.23. The Labute approximate surface area is 74.8 Å². The van der Waals surface area contributed by atoms with E-state index in [4.69, 9.17) is 4.74 Å². The largest absolute Gasteiger partial charge is 0.374 e. The Balaban J connectivity index is 1.85. The van der Waals surface area contributed by atoms with Crippen molar-refractivity contribution in [2.24, 2.45) is 5.92 Å². The van der Waals surface area contributed by atoms with Gasteiger partial charge in [0.15, 0.2) is 0 Å². The van der Waals surface area contributed by atoms with Gasteiger partial charge in [-0.1, -0.05) is 31.4 Å². The Bertz CT molecular complexity index is 156. The Morgan fingerprint density at radius 1 is 1.00 bits per heavy atom. The zero-order valence-corrected chi connectivity index (χ0v) is 7.67. The Hall–Kier alpha value is -0.300. The molecule has 0 amide bonds. The Morgan fingerprint density at radius 3 is 2.50 bits per heavy atom. The normalized spacial score (nSPS) is 32.2. The van der Waals surface area contributed by atoms with E-state index in [9.17, 15) is 0 Å². The SMILES string of the molecule is C1=CC[C@@H](C2CCCCC2)OC1. The number of hydrogen-bond donors (Lipinski definition) is 0. The summed E-state index contributed by atoms with van der Waals surface area (Å²) in [4.78, 5) is 0. The molecule has 12 heavy (non-hydrogen) atoms. The van der Waals surface area contributed by atoms with E-state index in [1.165, 1.54) is 32.1 Å². The molecule has 0 aromatic carbocycles. The van der Waals surface area contributed by atoms with E-state index in [0.29, 0.717) is 6.10 Å². The van der Waals surface area contributed by atoms with Gasteiger partial charge in [-0.2, -0.15) is 0 Å². The van der Waals surface area contributed by atoms with Crippen LogP contribution in [0.5, 0.6) is 0 Å². The summed E-state index contributed by atoms with van der Waals surface area (Å²) in [6.07, 6.45) is 13.2. The quantitative estimate of drug-likeness (QED) is 0.544. The van der Waals surface area contributed by atoms with Gasteiger partial charge in [0.2, 0.25) is 0 Å². The molecule has 2 aliphatic rings. The van der Waals surface area contributed by atoms with Crippen molar-refractivity contribution < 1.29 is 4.74 Å². The van der Waals surface area contributed by atoms with Crippen LogP contribution in [0.15, 0.2) is 12.2 Å². The lowest BCUT2D eigenvalue weighted by molar-refractivity contribution is 0.0110. The van der Waals surface area contributed by atoms with Crippen LogP contribution in [0.1, 0.15) is 38.5 Å². The van der Waals surface area contributed by atoms with Crippen LogP contribution in [0, 0.1) is 5.92 Å². The molecule has 0 spiro atoms. The highest BCUT2D eigenvalue weighted by Crippen LogP contribution is 2.30. The first-order chi connectivity index (χ1) is 5.97. The van der Waals surface area contributed by atoms with Crippen molar-refractivity contribution in [3.8, 4) is 0 Å². The smallest absolute Gasteiger partial charge is 0.0651 e. The Kier molecular flexibility index (Phi) is 2.83. The minimum absolute atomic E-state index is 0.551. The van der Waals surface area contributed by atoms with Crippen LogP contribution in [-0.2, 0) is 4.74 Å². The minimum atomic E-state index is 0.551. The van der Waals surface area contributed by atoms with Crippen LogP contribution in [0.3, 0.4) is 0 Å². The van der Waals surface area contributed by atoms with E-state index < -0.39 is 0 Å². The van der Waals surface area contributed by atoms with E-state index in [0.717, 1.165) is 18.9 Å². The lowest BCUT2D eigenvalue weighted by atomic mass is 9.83. The lowest BCUT2D eigenvalue weighted by Gasteiger charge is -2.30. The van der Waals surface area contributed by atoms with Crippen molar-refractivity contribution >= 4 is 0 Å². The summed E-state index contributed by atoms with van der Waals surface area (Å²) in [6.45, 7) is 0.848. The molecule has 2 rings (SSSR count). The maximum Gasteiger partial charge on any atom is 0.0651 e. The number of ether oxygens (including phenoxy) is 1. The molecular weight excluding hydrogens is 148 g/mol. The standard InChI is InChI=1S/C11H18O/c1-2-6-10(7-3-1)11-8-4-5-9-12-11/h4-5,10-11H,1-3,6-9H2/t11-/m0/s1. The molecule has 0 aromatic rings. The third kappa shape index (κ3) is 1.89. The molecule has 1 atom stereocenters. The summed E-state index contributed by atoms with van der Waals surface area (Å²) >= 11 is 0. The van der Waals surface area contributed by atoms with Crippen molar-refractivity contribution in [1.29, 1.82) is 0 Å². The maximum absolute atomic E-state index is 5.73. The summed E-state index contributed by atoms with van der Waals surface area (Å²) in [5.41, 5.74) is 0. The third-order valence-corrected chi connectivity index (χ3v) is 3.12. The average Bonchev–Trinajstić information content (AvgIpc) is 2.21. The van der Waals surface area contributed by atoms with E-state index in [1.54, 1.807) is 0 Å². The molecule has 0 radical (unpaired) electrons. The fourth-order valence-electron chi connectivity index (χ4n) is 2.38. The first kappa shape index (κ1) is 8.31. The van der Waals surface area contributed by atoms with Crippen LogP contribution in [0.4, 0.5) is 0 Å². The van der Waals surface area contributed by atoms with Gasteiger partial charge in [0.05, 0.1) is 12.7 Å². The zero-order chi connectivity index (χ0) is 8.23. The lowest BCUT2D eigenvalue weighted by Crippen LogP contribution is -2.27. The molecule has 1 aliphatic carbocycles. The maximum atomic E-state index is 5.73. The molecule has 0 saturated heterocycles. The summed E-state index contributed by atoms with van der Waals surface area (Å²) in [6, 6.07) is 0. The Morgan fingerprint density at radius 2 is 1.83 bits per heavy atom. The summed E-state index contributed by atoms with van der Waals surface area (Å²) in [7, 11) is 0. The van der Waals surface area contributed by atoms with Gasteiger partial charge >= 0.3 is 0 Å². The predicted octanol–water partition coefficient (Wildman–Crippen LogP) is 2.91. The molecule has 0 unspecified atom stereocenters. The van der Waals surface area contributed by atoms with Gasteiger partial charge in [-0.15, -0.1) is 0 Å². The second-order valence-corrected chi connectivity index (χ2v) is 3.98. The summed E-state index contributed by atoms with van der Waals surface area (Å²) in [5, 5.41) is 0. The second-order valence-electron chi connectivity index (χ2n) is 3.98. The van der Waals surface area contributed by atoms with Crippen molar-refractivity contribution in [1.82, 2.24) is 0 Å². The molecule has 0 bridgehead atoms. The fraction of sp³-hybridized carbons (Fsp3) is 0.818. The van der Waals surface area contributed by atoms with E-state index >= 15 is 0 Å². The second kappa shape index (κ2) is 4.08. The molecule has 1 nitrogen and oxygen atoms in total. The molecule has 1 saturated carbocycles. The average molecular weight is 166 g/mol. The van der Waals surface area contributed by atoms with Crippen LogP contribution >= 0.6 is 0 Å². The highest BCUT2D eigenvalue weighted by atomic mass is 16.5. The van der Waals surface area contributed by atoms with E-state index in [2.05, 4.69) is 12.2 Å². The molecule has 1 fully saturated rings.